The molecule has 13 heteroatoms. The second kappa shape index (κ2) is 9.60. The number of benzene rings is 1. The molecule has 3 heterocycles. The molecule has 35 heavy (non-hydrogen) atoms. The number of anilines is 2. The third-order valence-corrected chi connectivity index (χ3v) is 5.91. The van der Waals surface area contributed by atoms with Crippen LogP contribution in [0.15, 0.2) is 34.7 Å². The van der Waals surface area contributed by atoms with Crippen molar-refractivity contribution in [2.24, 2.45) is 0 Å². The van der Waals surface area contributed by atoms with E-state index < -0.39 is 34.7 Å². The molecule has 1 N–H and O–H groups in total. The molecular weight excluding hydrogens is 465 g/mol. The number of carbonyl (C=O) groups excluding carboxylic acids is 3. The first-order valence-electron chi connectivity index (χ1n) is 11.0. The Kier molecular flexibility index (Phi) is 6.58. The van der Waals surface area contributed by atoms with Crippen molar-refractivity contribution in [1.82, 2.24) is 10.2 Å². The van der Waals surface area contributed by atoms with Crippen LogP contribution in [0.1, 0.15) is 24.4 Å². The van der Waals surface area contributed by atoms with Crippen molar-refractivity contribution >= 4 is 35.2 Å². The quantitative estimate of drug-likeness (QED) is 0.481. The molecule has 0 aliphatic carbocycles. The summed E-state index contributed by atoms with van der Waals surface area (Å²) in [6, 6.07) is 6.51. The number of ether oxygens (including phenoxy) is 1. The Morgan fingerprint density at radius 2 is 2.00 bits per heavy atom. The molecule has 1 aromatic heterocycles. The van der Waals surface area contributed by atoms with E-state index in [4.69, 9.17) is 9.15 Å². The van der Waals surface area contributed by atoms with Crippen LogP contribution in [0, 0.1) is 15.9 Å². The highest BCUT2D eigenvalue weighted by Gasteiger charge is 2.34. The predicted molar refractivity (Wildman–Crippen MR) is 121 cm³/mol. The molecule has 2 atom stereocenters. The maximum atomic E-state index is 15.1. The van der Waals surface area contributed by atoms with Gasteiger partial charge in [-0.1, -0.05) is 0 Å². The summed E-state index contributed by atoms with van der Waals surface area (Å²) in [4.78, 5) is 50.7. The molecule has 2 aliphatic rings. The predicted octanol–water partition coefficient (Wildman–Crippen LogP) is 2.14. The van der Waals surface area contributed by atoms with Gasteiger partial charge in [0.1, 0.15) is 16.8 Å². The normalized spacial score (nSPS) is 20.1. The average molecular weight is 489 g/mol. The molecule has 0 bridgehead atoms. The standard InChI is InChI=1S/C22H24FN5O7/c1-13-11-25(7-8-26(13)21(30)19-5-6-20(35-19)28(32)33)18-4-3-15(9-17(18)23)27-12-16(34-22(27)31)10-24-14(2)29/h3-6,9,13,16H,7-8,10-12H2,1-2H3,(H,24,29)/t13?,16-/m0/s1. The third-order valence-electron chi connectivity index (χ3n) is 5.91. The number of carbonyl (C=O) groups is 3. The van der Waals surface area contributed by atoms with E-state index in [0.717, 1.165) is 6.07 Å². The summed E-state index contributed by atoms with van der Waals surface area (Å²) in [5.74, 6) is -1.87. The van der Waals surface area contributed by atoms with Crippen LogP contribution in [0.3, 0.4) is 0 Å². The molecule has 12 nitrogen and oxygen atoms in total. The molecule has 186 valence electrons. The van der Waals surface area contributed by atoms with Gasteiger partial charge < -0.3 is 24.3 Å². The van der Waals surface area contributed by atoms with E-state index in [1.54, 1.807) is 24.0 Å². The van der Waals surface area contributed by atoms with Crippen molar-refractivity contribution < 1.29 is 32.9 Å². The number of furan rings is 1. The second-order valence-corrected chi connectivity index (χ2v) is 8.38. The monoisotopic (exact) mass is 489 g/mol. The number of rotatable bonds is 6. The minimum atomic E-state index is -0.713. The first-order valence-corrected chi connectivity index (χ1v) is 11.0. The highest BCUT2D eigenvalue weighted by molar-refractivity contribution is 5.92. The zero-order chi connectivity index (χ0) is 25.3. The van der Waals surface area contributed by atoms with Gasteiger partial charge in [0, 0.05) is 32.6 Å². The first kappa shape index (κ1) is 24.0. The van der Waals surface area contributed by atoms with E-state index in [1.807, 2.05) is 0 Å². The van der Waals surface area contributed by atoms with Crippen LogP contribution in [0.4, 0.5) is 26.4 Å². The Morgan fingerprint density at radius 1 is 1.23 bits per heavy atom. The number of cyclic esters (lactones) is 1. The lowest BCUT2D eigenvalue weighted by Gasteiger charge is -2.40. The number of nitro groups is 1. The van der Waals surface area contributed by atoms with E-state index in [0.29, 0.717) is 24.5 Å². The average Bonchev–Trinajstić information content (AvgIpc) is 3.44. The minimum Gasteiger partial charge on any atom is -0.442 e. The van der Waals surface area contributed by atoms with E-state index in [9.17, 15) is 24.5 Å². The van der Waals surface area contributed by atoms with Crippen LogP contribution in [0.2, 0.25) is 0 Å². The molecule has 2 fully saturated rings. The Hall–Kier alpha value is -4.16. The lowest BCUT2D eigenvalue weighted by atomic mass is 10.1. The summed E-state index contributed by atoms with van der Waals surface area (Å²) in [5.41, 5.74) is 0.659. The van der Waals surface area contributed by atoms with Gasteiger partial charge in [-0.2, -0.15) is 0 Å². The number of nitrogens with zero attached hydrogens (tertiary/aromatic N) is 4. The third kappa shape index (κ3) is 5.03. The maximum Gasteiger partial charge on any atom is 0.433 e. The van der Waals surface area contributed by atoms with Gasteiger partial charge in [0.2, 0.25) is 5.91 Å². The highest BCUT2D eigenvalue weighted by Crippen LogP contribution is 2.30. The number of halogens is 1. The highest BCUT2D eigenvalue weighted by atomic mass is 19.1. The molecule has 2 saturated heterocycles. The van der Waals surface area contributed by atoms with Crippen molar-refractivity contribution in [3.05, 3.63) is 52.0 Å². The molecule has 2 aliphatic heterocycles. The van der Waals surface area contributed by atoms with Crippen molar-refractivity contribution in [3.8, 4) is 0 Å². The number of piperazine rings is 1. The fraction of sp³-hybridized carbons (Fsp3) is 0.409. The fourth-order valence-corrected chi connectivity index (χ4v) is 4.18. The number of nitrogens with one attached hydrogen (secondary N) is 1. The van der Waals surface area contributed by atoms with E-state index >= 15 is 4.39 Å². The van der Waals surface area contributed by atoms with Gasteiger partial charge in [0.25, 0.3) is 5.91 Å². The summed E-state index contributed by atoms with van der Waals surface area (Å²) in [7, 11) is 0. The molecule has 1 aromatic carbocycles. The molecule has 0 radical (unpaired) electrons. The van der Waals surface area contributed by atoms with Crippen molar-refractivity contribution in [1.29, 1.82) is 0 Å². The molecular formula is C22H24FN5O7. The number of hydrogen-bond acceptors (Lipinski definition) is 8. The molecule has 1 unspecified atom stereocenters. The summed E-state index contributed by atoms with van der Waals surface area (Å²) in [6.45, 7) is 4.44. The van der Waals surface area contributed by atoms with Crippen LogP contribution < -0.4 is 15.1 Å². The van der Waals surface area contributed by atoms with Gasteiger partial charge in [-0.25, -0.2) is 9.18 Å². The van der Waals surface area contributed by atoms with Crippen molar-refractivity contribution in [2.75, 3.05) is 42.5 Å². The summed E-state index contributed by atoms with van der Waals surface area (Å²) in [6.07, 6.45) is -1.15. The summed E-state index contributed by atoms with van der Waals surface area (Å²) >= 11 is 0. The fourth-order valence-electron chi connectivity index (χ4n) is 4.18. The summed E-state index contributed by atoms with van der Waals surface area (Å²) in [5, 5.41) is 13.4. The Labute approximate surface area is 199 Å². The van der Waals surface area contributed by atoms with Gasteiger partial charge in [-0.15, -0.1) is 0 Å². The lowest BCUT2D eigenvalue weighted by molar-refractivity contribution is -0.402. The van der Waals surface area contributed by atoms with E-state index in [2.05, 4.69) is 5.32 Å². The molecule has 3 amide bonds. The molecule has 4 rings (SSSR count). The van der Waals surface area contributed by atoms with E-state index in [-0.39, 0.29) is 37.3 Å². The lowest BCUT2D eigenvalue weighted by Crippen LogP contribution is -2.54. The summed E-state index contributed by atoms with van der Waals surface area (Å²) < 4.78 is 25.3. The number of hydrogen-bond donors (Lipinski definition) is 1. The Balaban J connectivity index is 1.40. The first-order chi connectivity index (χ1) is 16.6. The molecule has 2 aromatic rings. The van der Waals surface area contributed by atoms with Gasteiger partial charge in [0.15, 0.2) is 5.76 Å². The van der Waals surface area contributed by atoms with Gasteiger partial charge >= 0.3 is 12.0 Å². The van der Waals surface area contributed by atoms with Crippen molar-refractivity contribution in [3.63, 3.8) is 0 Å². The van der Waals surface area contributed by atoms with Crippen LogP contribution in [-0.2, 0) is 9.53 Å². The smallest absolute Gasteiger partial charge is 0.433 e. The Morgan fingerprint density at radius 3 is 2.63 bits per heavy atom. The van der Waals surface area contributed by atoms with E-state index in [1.165, 1.54) is 28.9 Å². The van der Waals surface area contributed by atoms with Gasteiger partial charge in [-0.3, -0.25) is 24.6 Å². The number of amides is 3. The SMILES string of the molecule is CC(=O)NC[C@H]1CN(c2ccc(N3CCN(C(=O)c4ccc([N+](=O)[O-])o4)C(C)C3)c(F)c2)C(=O)O1. The zero-order valence-electron chi connectivity index (χ0n) is 19.1. The van der Waals surface area contributed by atoms with Gasteiger partial charge in [-0.05, 0) is 31.2 Å². The Bertz CT molecular complexity index is 1170. The maximum absolute atomic E-state index is 15.1. The van der Waals surface area contributed by atoms with Crippen molar-refractivity contribution in [2.45, 2.75) is 26.0 Å². The topological polar surface area (TPSA) is 138 Å². The second-order valence-electron chi connectivity index (χ2n) is 8.38. The van der Waals surface area contributed by atoms with Gasteiger partial charge in [0.05, 0.1) is 30.5 Å². The zero-order valence-corrected chi connectivity index (χ0v) is 19.1. The van der Waals surface area contributed by atoms with Crippen LogP contribution in [0.25, 0.3) is 0 Å². The van der Waals surface area contributed by atoms with Crippen LogP contribution >= 0.6 is 0 Å². The largest absolute Gasteiger partial charge is 0.442 e. The van der Waals surface area contributed by atoms with Crippen LogP contribution in [-0.4, -0.2) is 72.6 Å². The minimum absolute atomic E-state index is 0.123. The molecule has 0 spiro atoms. The van der Waals surface area contributed by atoms with Crippen LogP contribution in [0.5, 0.6) is 0 Å². The molecule has 0 saturated carbocycles.